The highest BCUT2D eigenvalue weighted by Crippen LogP contribution is 2.17. The van der Waals surface area contributed by atoms with E-state index in [4.69, 9.17) is 16.3 Å². The first-order valence-electron chi connectivity index (χ1n) is 9.62. The Morgan fingerprint density at radius 3 is 2.10 bits per heavy atom. The summed E-state index contributed by atoms with van der Waals surface area (Å²) in [5.74, 6) is -0.540. The number of benzene rings is 3. The fourth-order valence-corrected chi connectivity index (χ4v) is 2.89. The second-order valence-electron chi connectivity index (χ2n) is 6.82. The Hall–Kier alpha value is -3.64. The summed E-state index contributed by atoms with van der Waals surface area (Å²) in [6.07, 6.45) is -0.754. The number of nitrogens with one attached hydrogen (secondary N) is 2. The summed E-state index contributed by atoms with van der Waals surface area (Å²) in [4.78, 5) is 36.6. The Kier molecular flexibility index (Phi) is 7.40. The molecule has 1 unspecified atom stereocenters. The number of halogens is 1. The van der Waals surface area contributed by atoms with E-state index in [0.29, 0.717) is 21.9 Å². The zero-order chi connectivity index (χ0) is 22.2. The fraction of sp³-hybridized carbons (Fsp3) is 0.125. The first-order chi connectivity index (χ1) is 14.9. The Morgan fingerprint density at radius 1 is 0.839 bits per heavy atom. The number of carbonyl (C=O) groups is 3. The van der Waals surface area contributed by atoms with E-state index in [1.807, 2.05) is 6.07 Å². The number of ether oxygens (including phenoxy) is 1. The summed E-state index contributed by atoms with van der Waals surface area (Å²) >= 11 is 5.82. The van der Waals surface area contributed by atoms with Crippen molar-refractivity contribution in [3.63, 3.8) is 0 Å². The van der Waals surface area contributed by atoms with Crippen molar-refractivity contribution < 1.29 is 19.1 Å². The van der Waals surface area contributed by atoms with Crippen molar-refractivity contribution in [2.75, 3.05) is 0 Å². The third kappa shape index (κ3) is 6.42. The Bertz CT molecular complexity index is 1050. The van der Waals surface area contributed by atoms with Gasteiger partial charge in [0.05, 0.1) is 6.42 Å². The van der Waals surface area contributed by atoms with Gasteiger partial charge in [-0.2, -0.15) is 0 Å². The first-order valence-corrected chi connectivity index (χ1v) is 10.00. The first kappa shape index (κ1) is 22.1. The molecule has 31 heavy (non-hydrogen) atoms. The van der Waals surface area contributed by atoms with Crippen molar-refractivity contribution in [2.24, 2.45) is 0 Å². The van der Waals surface area contributed by atoms with Gasteiger partial charge in [-0.3, -0.25) is 25.2 Å². The van der Waals surface area contributed by atoms with E-state index in [1.54, 1.807) is 79.7 Å². The maximum atomic E-state index is 12.4. The quantitative estimate of drug-likeness (QED) is 0.436. The molecule has 1 atom stereocenters. The van der Waals surface area contributed by atoms with Gasteiger partial charge in [-0.1, -0.05) is 54.1 Å². The van der Waals surface area contributed by atoms with Crippen LogP contribution < -0.4 is 15.6 Å². The van der Waals surface area contributed by atoms with Crippen LogP contribution in [0.2, 0.25) is 5.02 Å². The van der Waals surface area contributed by atoms with Gasteiger partial charge in [0.25, 0.3) is 5.91 Å². The molecule has 3 aromatic rings. The number of amides is 2. The summed E-state index contributed by atoms with van der Waals surface area (Å²) in [6, 6.07) is 22.3. The second kappa shape index (κ2) is 10.4. The van der Waals surface area contributed by atoms with Crippen molar-refractivity contribution in [1.82, 2.24) is 10.9 Å². The summed E-state index contributed by atoms with van der Waals surface area (Å²) in [6.45, 7) is 1.56. The van der Waals surface area contributed by atoms with E-state index in [-0.39, 0.29) is 18.1 Å². The third-order valence-electron chi connectivity index (χ3n) is 4.44. The van der Waals surface area contributed by atoms with Crippen LogP contribution in [0.5, 0.6) is 5.75 Å². The van der Waals surface area contributed by atoms with Crippen molar-refractivity contribution in [2.45, 2.75) is 19.4 Å². The Labute approximate surface area is 185 Å². The lowest BCUT2D eigenvalue weighted by atomic mass is 10.0. The van der Waals surface area contributed by atoms with Gasteiger partial charge in [-0.25, -0.2) is 0 Å². The van der Waals surface area contributed by atoms with Crippen LogP contribution in [0.25, 0.3) is 0 Å². The van der Waals surface area contributed by atoms with Crippen LogP contribution in [0.4, 0.5) is 0 Å². The largest absolute Gasteiger partial charge is 0.481 e. The minimum atomic E-state index is -0.855. The van der Waals surface area contributed by atoms with Crippen molar-refractivity contribution in [3.05, 3.63) is 101 Å². The maximum absolute atomic E-state index is 12.4. The van der Waals surface area contributed by atoms with E-state index in [2.05, 4.69) is 10.9 Å². The topological polar surface area (TPSA) is 84.5 Å². The summed E-state index contributed by atoms with van der Waals surface area (Å²) in [7, 11) is 0. The number of ketones is 1. The minimum absolute atomic E-state index is 0.0960. The minimum Gasteiger partial charge on any atom is -0.481 e. The van der Waals surface area contributed by atoms with Gasteiger partial charge in [0.1, 0.15) is 5.75 Å². The van der Waals surface area contributed by atoms with Gasteiger partial charge in [0.2, 0.25) is 5.91 Å². The molecule has 6 nitrogen and oxygen atoms in total. The zero-order valence-electron chi connectivity index (χ0n) is 16.8. The van der Waals surface area contributed by atoms with Gasteiger partial charge < -0.3 is 4.74 Å². The highest BCUT2D eigenvalue weighted by atomic mass is 35.5. The SMILES string of the molecule is CC(Oc1ccc(C(=O)c2ccccc2)cc1)C(=O)NNC(=O)Cc1ccc(Cl)cc1. The third-order valence-corrected chi connectivity index (χ3v) is 4.69. The molecule has 2 amide bonds. The van der Waals surface area contributed by atoms with Crippen LogP contribution in [0, 0.1) is 0 Å². The lowest BCUT2D eigenvalue weighted by Gasteiger charge is -2.15. The van der Waals surface area contributed by atoms with E-state index < -0.39 is 12.0 Å². The monoisotopic (exact) mass is 436 g/mol. The van der Waals surface area contributed by atoms with E-state index in [9.17, 15) is 14.4 Å². The van der Waals surface area contributed by atoms with E-state index in [1.165, 1.54) is 0 Å². The van der Waals surface area contributed by atoms with Crippen molar-refractivity contribution >= 4 is 29.2 Å². The lowest BCUT2D eigenvalue weighted by molar-refractivity contribution is -0.132. The maximum Gasteiger partial charge on any atom is 0.279 e. The number of rotatable bonds is 7. The molecular weight excluding hydrogens is 416 g/mol. The van der Waals surface area contributed by atoms with E-state index >= 15 is 0 Å². The molecule has 3 rings (SSSR count). The summed E-state index contributed by atoms with van der Waals surface area (Å²) in [5.41, 5.74) is 6.58. The molecule has 0 bridgehead atoms. The molecule has 0 fully saturated rings. The molecule has 0 aliphatic heterocycles. The fourth-order valence-electron chi connectivity index (χ4n) is 2.76. The lowest BCUT2D eigenvalue weighted by Crippen LogP contribution is -2.47. The van der Waals surface area contributed by atoms with Gasteiger partial charge in [-0.05, 0) is 48.9 Å². The second-order valence-corrected chi connectivity index (χ2v) is 7.26. The molecule has 3 aromatic carbocycles. The molecule has 0 heterocycles. The average Bonchev–Trinajstić information content (AvgIpc) is 2.79. The van der Waals surface area contributed by atoms with Crippen LogP contribution >= 0.6 is 11.6 Å². The van der Waals surface area contributed by atoms with Crippen LogP contribution in [-0.4, -0.2) is 23.7 Å². The standard InChI is InChI=1S/C24H21ClN2O4/c1-16(24(30)27-26-22(28)15-17-7-11-20(25)12-8-17)31-21-13-9-19(10-14-21)23(29)18-5-3-2-4-6-18/h2-14,16H,15H2,1H3,(H,26,28)(H,27,30). The number of carbonyl (C=O) groups excluding carboxylic acids is 3. The van der Waals surface area contributed by atoms with Gasteiger partial charge in [0.15, 0.2) is 11.9 Å². The molecule has 2 N–H and O–H groups in total. The van der Waals surface area contributed by atoms with Gasteiger partial charge >= 0.3 is 0 Å². The molecule has 0 radical (unpaired) electrons. The molecule has 0 aliphatic rings. The molecule has 7 heteroatoms. The van der Waals surface area contributed by atoms with Crippen LogP contribution in [0.3, 0.4) is 0 Å². The summed E-state index contributed by atoms with van der Waals surface area (Å²) in [5, 5.41) is 0.584. The number of hydrazine groups is 1. The predicted molar refractivity (Wildman–Crippen MR) is 118 cm³/mol. The average molecular weight is 437 g/mol. The Balaban J connectivity index is 1.48. The van der Waals surface area contributed by atoms with Crippen LogP contribution in [0.15, 0.2) is 78.9 Å². The predicted octanol–water partition coefficient (Wildman–Crippen LogP) is 3.73. The Morgan fingerprint density at radius 2 is 1.45 bits per heavy atom. The molecule has 0 saturated heterocycles. The normalized spacial score (nSPS) is 11.3. The van der Waals surface area contributed by atoms with Gasteiger partial charge in [0, 0.05) is 16.1 Å². The number of hydrogen-bond donors (Lipinski definition) is 2. The highest BCUT2D eigenvalue weighted by Gasteiger charge is 2.16. The van der Waals surface area contributed by atoms with Gasteiger partial charge in [-0.15, -0.1) is 0 Å². The smallest absolute Gasteiger partial charge is 0.279 e. The zero-order valence-corrected chi connectivity index (χ0v) is 17.6. The molecular formula is C24H21ClN2O4. The van der Waals surface area contributed by atoms with Crippen molar-refractivity contribution in [1.29, 1.82) is 0 Å². The molecule has 0 saturated carbocycles. The van der Waals surface area contributed by atoms with E-state index in [0.717, 1.165) is 5.56 Å². The number of hydrogen-bond acceptors (Lipinski definition) is 4. The molecule has 0 aliphatic carbocycles. The van der Waals surface area contributed by atoms with Crippen LogP contribution in [0.1, 0.15) is 28.4 Å². The highest BCUT2D eigenvalue weighted by molar-refractivity contribution is 6.30. The van der Waals surface area contributed by atoms with Crippen LogP contribution in [-0.2, 0) is 16.0 Å². The summed E-state index contributed by atoms with van der Waals surface area (Å²) < 4.78 is 5.59. The molecule has 0 spiro atoms. The van der Waals surface area contributed by atoms with Crippen molar-refractivity contribution in [3.8, 4) is 5.75 Å². The molecule has 0 aromatic heterocycles. The molecule has 158 valence electrons.